The summed E-state index contributed by atoms with van der Waals surface area (Å²) in [5.74, 6) is 1.68. The normalized spacial score (nSPS) is 13.4. The van der Waals surface area contributed by atoms with E-state index in [-0.39, 0.29) is 0 Å². The van der Waals surface area contributed by atoms with Gasteiger partial charge in [0.05, 0.1) is 12.2 Å². The molecule has 0 aliphatic carbocycles. The summed E-state index contributed by atoms with van der Waals surface area (Å²) >= 11 is 0. The molecule has 0 saturated heterocycles. The van der Waals surface area contributed by atoms with Crippen molar-refractivity contribution in [1.82, 2.24) is 15.6 Å². The first-order chi connectivity index (χ1) is 7.49. The Bertz CT molecular complexity index is 320. The Morgan fingerprint density at radius 3 is 2.38 bits per heavy atom. The van der Waals surface area contributed by atoms with Gasteiger partial charge < -0.3 is 15.1 Å². The molecule has 0 aromatic carbocycles. The number of rotatable bonds is 6. The zero-order chi connectivity index (χ0) is 12.1. The zero-order valence-corrected chi connectivity index (χ0v) is 10.9. The van der Waals surface area contributed by atoms with Gasteiger partial charge in [0.1, 0.15) is 5.76 Å². The van der Waals surface area contributed by atoms with Crippen LogP contribution in [0.4, 0.5) is 0 Å². The fourth-order valence-electron chi connectivity index (χ4n) is 1.49. The van der Waals surface area contributed by atoms with E-state index in [0.717, 1.165) is 30.4 Å². The van der Waals surface area contributed by atoms with Gasteiger partial charge >= 0.3 is 0 Å². The number of nitrogens with zero attached hydrogens (tertiary/aromatic N) is 1. The van der Waals surface area contributed by atoms with Crippen molar-refractivity contribution in [3.8, 4) is 0 Å². The van der Waals surface area contributed by atoms with Crippen LogP contribution in [-0.4, -0.2) is 23.6 Å². The van der Waals surface area contributed by atoms with Crippen LogP contribution in [0.25, 0.3) is 0 Å². The molecule has 0 saturated carbocycles. The van der Waals surface area contributed by atoms with Gasteiger partial charge in [0, 0.05) is 25.6 Å². The molecule has 92 valence electrons. The number of aryl methyl sites for hydroxylation is 2. The molecule has 4 nitrogen and oxygen atoms in total. The summed E-state index contributed by atoms with van der Waals surface area (Å²) in [7, 11) is 0. The van der Waals surface area contributed by atoms with Gasteiger partial charge in [0.2, 0.25) is 0 Å². The van der Waals surface area contributed by atoms with Gasteiger partial charge in [-0.3, -0.25) is 0 Å². The van der Waals surface area contributed by atoms with Crippen molar-refractivity contribution in [1.29, 1.82) is 0 Å². The molecule has 0 amide bonds. The van der Waals surface area contributed by atoms with Crippen molar-refractivity contribution in [2.24, 2.45) is 0 Å². The molecule has 1 atom stereocenters. The molecule has 1 aromatic rings. The van der Waals surface area contributed by atoms with Gasteiger partial charge in [-0.1, -0.05) is 13.8 Å². The third kappa shape index (κ3) is 4.33. The summed E-state index contributed by atoms with van der Waals surface area (Å²) in [6.45, 7) is 12.0. The predicted molar refractivity (Wildman–Crippen MR) is 65.4 cm³/mol. The Balaban J connectivity index is 2.31. The largest absolute Gasteiger partial charge is 0.444 e. The van der Waals surface area contributed by atoms with E-state index in [4.69, 9.17) is 4.42 Å². The van der Waals surface area contributed by atoms with E-state index in [0.29, 0.717) is 12.1 Å². The van der Waals surface area contributed by atoms with E-state index in [1.807, 2.05) is 13.8 Å². The monoisotopic (exact) mass is 225 g/mol. The van der Waals surface area contributed by atoms with Gasteiger partial charge in [-0.05, 0) is 13.8 Å². The highest BCUT2D eigenvalue weighted by Crippen LogP contribution is 2.08. The Kier molecular flexibility index (Phi) is 4.96. The van der Waals surface area contributed by atoms with Crippen LogP contribution in [0, 0.1) is 13.8 Å². The van der Waals surface area contributed by atoms with Gasteiger partial charge in [-0.2, -0.15) is 0 Å². The first-order valence-corrected chi connectivity index (χ1v) is 5.88. The third-order valence-electron chi connectivity index (χ3n) is 2.44. The van der Waals surface area contributed by atoms with Crippen molar-refractivity contribution < 1.29 is 4.42 Å². The van der Waals surface area contributed by atoms with Crippen molar-refractivity contribution in [2.75, 3.05) is 6.54 Å². The van der Waals surface area contributed by atoms with Crippen LogP contribution < -0.4 is 10.6 Å². The average Bonchev–Trinajstić information content (AvgIpc) is 2.51. The molecule has 1 unspecified atom stereocenters. The standard InChI is InChI=1S/C12H23N3O/c1-8(2)13-6-9(3)14-7-12-10(4)15-11(5)16-12/h8-9,13-14H,6-7H2,1-5H3. The quantitative estimate of drug-likeness (QED) is 0.774. The lowest BCUT2D eigenvalue weighted by molar-refractivity contribution is 0.419. The van der Waals surface area contributed by atoms with Crippen molar-refractivity contribution in [3.63, 3.8) is 0 Å². The number of oxazole rings is 1. The van der Waals surface area contributed by atoms with Crippen molar-refractivity contribution in [3.05, 3.63) is 17.3 Å². The second kappa shape index (κ2) is 6.01. The lowest BCUT2D eigenvalue weighted by atomic mass is 10.3. The smallest absolute Gasteiger partial charge is 0.191 e. The minimum absolute atomic E-state index is 0.423. The fraction of sp³-hybridized carbons (Fsp3) is 0.750. The molecule has 4 heteroatoms. The molecule has 0 bridgehead atoms. The second-order valence-corrected chi connectivity index (χ2v) is 4.59. The Labute approximate surface area is 97.8 Å². The van der Waals surface area contributed by atoms with E-state index in [1.54, 1.807) is 0 Å². The molecule has 0 spiro atoms. The van der Waals surface area contributed by atoms with E-state index in [1.165, 1.54) is 0 Å². The minimum Gasteiger partial charge on any atom is -0.444 e. The molecule has 1 rings (SSSR count). The molecular weight excluding hydrogens is 202 g/mol. The summed E-state index contributed by atoms with van der Waals surface area (Å²) in [6.07, 6.45) is 0. The molecule has 0 fully saturated rings. The highest BCUT2D eigenvalue weighted by molar-refractivity contribution is 5.07. The SMILES string of the molecule is Cc1nc(C)c(CNC(C)CNC(C)C)o1. The molecule has 1 heterocycles. The highest BCUT2D eigenvalue weighted by atomic mass is 16.4. The summed E-state index contributed by atoms with van der Waals surface area (Å²) < 4.78 is 5.50. The first-order valence-electron chi connectivity index (χ1n) is 5.88. The summed E-state index contributed by atoms with van der Waals surface area (Å²) in [6, 6.07) is 0.950. The van der Waals surface area contributed by atoms with Gasteiger partial charge in [-0.25, -0.2) is 4.98 Å². The number of nitrogens with one attached hydrogen (secondary N) is 2. The lowest BCUT2D eigenvalue weighted by Crippen LogP contribution is -2.38. The van der Waals surface area contributed by atoms with Crippen LogP contribution in [0.1, 0.15) is 38.1 Å². The number of hydrogen-bond acceptors (Lipinski definition) is 4. The van der Waals surface area contributed by atoms with E-state index >= 15 is 0 Å². The van der Waals surface area contributed by atoms with E-state index in [2.05, 4.69) is 36.4 Å². The Morgan fingerprint density at radius 2 is 1.88 bits per heavy atom. The van der Waals surface area contributed by atoms with Crippen LogP contribution >= 0.6 is 0 Å². The molecular formula is C12H23N3O. The maximum absolute atomic E-state index is 5.50. The maximum atomic E-state index is 5.50. The molecule has 2 N–H and O–H groups in total. The molecule has 0 radical (unpaired) electrons. The van der Waals surface area contributed by atoms with Gasteiger partial charge in [-0.15, -0.1) is 0 Å². The topological polar surface area (TPSA) is 50.1 Å². The Morgan fingerprint density at radius 1 is 1.19 bits per heavy atom. The summed E-state index contributed by atoms with van der Waals surface area (Å²) in [4.78, 5) is 4.24. The van der Waals surface area contributed by atoms with Crippen molar-refractivity contribution >= 4 is 0 Å². The van der Waals surface area contributed by atoms with Crippen LogP contribution in [0.15, 0.2) is 4.42 Å². The average molecular weight is 225 g/mol. The van der Waals surface area contributed by atoms with Crippen LogP contribution in [0.5, 0.6) is 0 Å². The molecule has 0 aliphatic rings. The zero-order valence-electron chi connectivity index (χ0n) is 10.9. The molecule has 1 aromatic heterocycles. The van der Waals surface area contributed by atoms with Gasteiger partial charge in [0.25, 0.3) is 0 Å². The second-order valence-electron chi connectivity index (χ2n) is 4.59. The van der Waals surface area contributed by atoms with Crippen molar-refractivity contribution in [2.45, 2.75) is 53.2 Å². The van der Waals surface area contributed by atoms with Crippen LogP contribution in [0.2, 0.25) is 0 Å². The maximum Gasteiger partial charge on any atom is 0.191 e. The predicted octanol–water partition coefficient (Wildman–Crippen LogP) is 1.77. The molecule has 16 heavy (non-hydrogen) atoms. The number of hydrogen-bond donors (Lipinski definition) is 2. The van der Waals surface area contributed by atoms with Gasteiger partial charge in [0.15, 0.2) is 5.89 Å². The Hall–Kier alpha value is -0.870. The van der Waals surface area contributed by atoms with Crippen LogP contribution in [-0.2, 0) is 6.54 Å². The summed E-state index contributed by atoms with van der Waals surface area (Å²) in [5.41, 5.74) is 0.981. The third-order valence-corrected chi connectivity index (χ3v) is 2.44. The van der Waals surface area contributed by atoms with Crippen LogP contribution in [0.3, 0.4) is 0 Å². The lowest BCUT2D eigenvalue weighted by Gasteiger charge is -2.15. The minimum atomic E-state index is 0.423. The first kappa shape index (κ1) is 13.2. The fourth-order valence-corrected chi connectivity index (χ4v) is 1.49. The highest BCUT2D eigenvalue weighted by Gasteiger charge is 2.08. The summed E-state index contributed by atoms with van der Waals surface area (Å²) in [5, 5.41) is 6.80. The molecule has 0 aliphatic heterocycles. The van der Waals surface area contributed by atoms with E-state index in [9.17, 15) is 0 Å². The number of aromatic nitrogens is 1. The van der Waals surface area contributed by atoms with E-state index < -0.39 is 0 Å².